The monoisotopic (exact) mass is 291 g/mol. The second-order valence-electron chi connectivity index (χ2n) is 4.76. The first kappa shape index (κ1) is 14.4. The lowest BCUT2D eigenvalue weighted by Crippen LogP contribution is -2.36. The Hall–Kier alpha value is -2.06. The first-order chi connectivity index (χ1) is 9.23. The number of nitrogens with zero attached hydrogens (tertiary/aromatic N) is 2. The van der Waals surface area contributed by atoms with E-state index >= 15 is 0 Å². The zero-order chi connectivity index (χ0) is 15.0. The van der Waals surface area contributed by atoms with E-state index in [1.165, 1.54) is 0 Å². The predicted octanol–water partition coefficient (Wildman–Crippen LogP) is 0.883. The molecule has 0 unspecified atom stereocenters. The molecule has 1 fully saturated rings. The van der Waals surface area contributed by atoms with Gasteiger partial charge < -0.3 is 10.4 Å². The number of hydrogen-bond donors (Lipinski definition) is 2. The minimum Gasteiger partial charge on any atom is -0.481 e. The van der Waals surface area contributed by atoms with Crippen LogP contribution in [0, 0.1) is 5.41 Å². The molecule has 1 saturated carbocycles. The van der Waals surface area contributed by atoms with Crippen molar-refractivity contribution in [3.8, 4) is 0 Å². The van der Waals surface area contributed by atoms with Crippen molar-refractivity contribution in [1.29, 1.82) is 0 Å². The van der Waals surface area contributed by atoms with Gasteiger partial charge in [-0.15, -0.1) is 0 Å². The SMILES string of the molecule is O=C(Cn1ccc(C(F)(F)F)n1)NCC1(C(=O)O)CC1. The number of carbonyl (C=O) groups excluding carboxylic acids is 1. The van der Waals surface area contributed by atoms with Crippen LogP contribution in [0.25, 0.3) is 0 Å². The average Bonchev–Trinajstić information content (AvgIpc) is 2.98. The second-order valence-corrected chi connectivity index (χ2v) is 4.76. The van der Waals surface area contributed by atoms with Gasteiger partial charge in [-0.05, 0) is 18.9 Å². The number of nitrogens with one attached hydrogen (secondary N) is 1. The Morgan fingerprint density at radius 3 is 2.55 bits per heavy atom. The molecule has 0 saturated heterocycles. The van der Waals surface area contributed by atoms with Gasteiger partial charge in [0.15, 0.2) is 5.69 Å². The van der Waals surface area contributed by atoms with E-state index in [2.05, 4.69) is 10.4 Å². The van der Waals surface area contributed by atoms with Crippen LogP contribution in [-0.4, -0.2) is 33.3 Å². The van der Waals surface area contributed by atoms with Crippen LogP contribution in [0.5, 0.6) is 0 Å². The fourth-order valence-electron chi connectivity index (χ4n) is 1.69. The number of amides is 1. The molecule has 2 rings (SSSR count). The van der Waals surface area contributed by atoms with Crippen molar-refractivity contribution in [2.24, 2.45) is 5.41 Å². The third kappa shape index (κ3) is 3.09. The van der Waals surface area contributed by atoms with Crippen LogP contribution in [0.1, 0.15) is 18.5 Å². The third-order valence-corrected chi connectivity index (χ3v) is 3.17. The molecule has 1 aliphatic carbocycles. The molecule has 2 N–H and O–H groups in total. The van der Waals surface area contributed by atoms with Crippen molar-refractivity contribution in [3.05, 3.63) is 18.0 Å². The number of rotatable bonds is 5. The highest BCUT2D eigenvalue weighted by Gasteiger charge is 2.50. The normalized spacial score (nSPS) is 16.8. The van der Waals surface area contributed by atoms with E-state index in [4.69, 9.17) is 5.11 Å². The maximum absolute atomic E-state index is 12.3. The first-order valence-electron chi connectivity index (χ1n) is 5.84. The molecule has 0 bridgehead atoms. The van der Waals surface area contributed by atoms with Gasteiger partial charge >= 0.3 is 12.1 Å². The third-order valence-electron chi connectivity index (χ3n) is 3.17. The lowest BCUT2D eigenvalue weighted by Gasteiger charge is -2.11. The number of aromatic nitrogens is 2. The molecule has 0 spiro atoms. The van der Waals surface area contributed by atoms with Crippen molar-refractivity contribution in [2.45, 2.75) is 25.6 Å². The molecule has 1 amide bonds. The van der Waals surface area contributed by atoms with Gasteiger partial charge in [-0.3, -0.25) is 14.3 Å². The minimum absolute atomic E-state index is 0.0193. The summed E-state index contributed by atoms with van der Waals surface area (Å²) in [5, 5.41) is 14.5. The van der Waals surface area contributed by atoms with Gasteiger partial charge in [0.2, 0.25) is 5.91 Å². The van der Waals surface area contributed by atoms with E-state index in [9.17, 15) is 22.8 Å². The summed E-state index contributed by atoms with van der Waals surface area (Å²) in [5.74, 6) is -1.55. The van der Waals surface area contributed by atoms with Gasteiger partial charge in [0.05, 0.1) is 5.41 Å². The van der Waals surface area contributed by atoms with E-state index in [0.717, 1.165) is 16.9 Å². The van der Waals surface area contributed by atoms with Crippen LogP contribution in [0.15, 0.2) is 12.3 Å². The first-order valence-corrected chi connectivity index (χ1v) is 5.84. The highest BCUT2D eigenvalue weighted by molar-refractivity contribution is 5.80. The molecule has 0 atom stereocenters. The number of halogens is 3. The molecule has 1 aromatic heterocycles. The number of carbonyl (C=O) groups is 2. The zero-order valence-electron chi connectivity index (χ0n) is 10.3. The van der Waals surface area contributed by atoms with Gasteiger partial charge in [-0.25, -0.2) is 0 Å². The second kappa shape index (κ2) is 4.80. The lowest BCUT2D eigenvalue weighted by molar-refractivity contribution is -0.144. The number of hydrogen-bond acceptors (Lipinski definition) is 3. The molecule has 20 heavy (non-hydrogen) atoms. The largest absolute Gasteiger partial charge is 0.481 e. The summed E-state index contributed by atoms with van der Waals surface area (Å²) in [6.07, 6.45) is -2.53. The smallest absolute Gasteiger partial charge is 0.435 e. The summed E-state index contributed by atoms with van der Waals surface area (Å²) >= 11 is 0. The van der Waals surface area contributed by atoms with Gasteiger partial charge in [0.1, 0.15) is 6.54 Å². The zero-order valence-corrected chi connectivity index (χ0v) is 10.3. The number of carboxylic acid groups (broad SMARTS) is 1. The standard InChI is InChI=1S/C11H12F3N3O3/c12-11(13,14)7-1-4-17(16-7)5-8(18)15-6-10(2-3-10)9(19)20/h1,4H,2-3,5-6H2,(H,15,18)(H,19,20). The summed E-state index contributed by atoms with van der Waals surface area (Å²) in [4.78, 5) is 22.4. The summed E-state index contributed by atoms with van der Waals surface area (Å²) in [6, 6.07) is 0.771. The van der Waals surface area contributed by atoms with Gasteiger partial charge in [-0.1, -0.05) is 0 Å². The summed E-state index contributed by atoms with van der Waals surface area (Å²) in [5.41, 5.74) is -1.98. The van der Waals surface area contributed by atoms with Gasteiger partial charge in [0.25, 0.3) is 0 Å². The molecule has 0 aromatic carbocycles. The quantitative estimate of drug-likeness (QED) is 0.843. The van der Waals surface area contributed by atoms with Crippen LogP contribution in [0.3, 0.4) is 0 Å². The Labute approximate surface area is 111 Å². The predicted molar refractivity (Wildman–Crippen MR) is 59.5 cm³/mol. The molecular formula is C11H12F3N3O3. The van der Waals surface area contributed by atoms with E-state index in [-0.39, 0.29) is 13.1 Å². The van der Waals surface area contributed by atoms with Crippen molar-refractivity contribution >= 4 is 11.9 Å². The Balaban J connectivity index is 1.86. The van der Waals surface area contributed by atoms with E-state index < -0.39 is 29.2 Å². The molecule has 110 valence electrons. The average molecular weight is 291 g/mol. The van der Waals surface area contributed by atoms with Crippen molar-refractivity contribution in [2.75, 3.05) is 6.54 Å². The lowest BCUT2D eigenvalue weighted by atomic mass is 10.1. The summed E-state index contributed by atoms with van der Waals surface area (Å²) < 4.78 is 37.8. The Morgan fingerprint density at radius 2 is 2.10 bits per heavy atom. The number of carboxylic acids is 1. The Kier molecular flexibility index (Phi) is 3.45. The molecule has 1 aliphatic rings. The summed E-state index contributed by atoms with van der Waals surface area (Å²) in [6.45, 7) is -0.402. The number of alkyl halides is 3. The molecule has 1 aromatic rings. The van der Waals surface area contributed by atoms with Gasteiger partial charge in [0, 0.05) is 12.7 Å². The van der Waals surface area contributed by atoms with Crippen LogP contribution in [0.2, 0.25) is 0 Å². The van der Waals surface area contributed by atoms with Crippen LogP contribution >= 0.6 is 0 Å². The summed E-state index contributed by atoms with van der Waals surface area (Å²) in [7, 11) is 0. The maximum Gasteiger partial charge on any atom is 0.435 e. The molecule has 0 radical (unpaired) electrons. The van der Waals surface area contributed by atoms with Crippen LogP contribution in [0.4, 0.5) is 13.2 Å². The van der Waals surface area contributed by atoms with E-state index in [1.54, 1.807) is 0 Å². The fraction of sp³-hybridized carbons (Fsp3) is 0.545. The molecule has 0 aliphatic heterocycles. The van der Waals surface area contributed by atoms with Crippen LogP contribution < -0.4 is 5.32 Å². The molecule has 6 nitrogen and oxygen atoms in total. The number of aliphatic carboxylic acids is 1. The highest BCUT2D eigenvalue weighted by atomic mass is 19.4. The Bertz CT molecular complexity index is 535. The fourth-order valence-corrected chi connectivity index (χ4v) is 1.69. The van der Waals surface area contributed by atoms with Crippen LogP contribution in [-0.2, 0) is 22.3 Å². The molecular weight excluding hydrogens is 279 g/mol. The highest BCUT2D eigenvalue weighted by Crippen LogP contribution is 2.45. The maximum atomic E-state index is 12.3. The van der Waals surface area contributed by atoms with Crippen molar-refractivity contribution in [1.82, 2.24) is 15.1 Å². The Morgan fingerprint density at radius 1 is 1.45 bits per heavy atom. The van der Waals surface area contributed by atoms with Crippen molar-refractivity contribution in [3.63, 3.8) is 0 Å². The minimum atomic E-state index is -4.55. The van der Waals surface area contributed by atoms with Gasteiger partial charge in [-0.2, -0.15) is 18.3 Å². The topological polar surface area (TPSA) is 84.2 Å². The molecule has 9 heteroatoms. The van der Waals surface area contributed by atoms with E-state index in [0.29, 0.717) is 12.8 Å². The van der Waals surface area contributed by atoms with E-state index in [1.807, 2.05) is 0 Å². The molecule has 1 heterocycles. The van der Waals surface area contributed by atoms with Crippen molar-refractivity contribution < 1.29 is 27.9 Å².